The van der Waals surface area contributed by atoms with Gasteiger partial charge in [0, 0.05) is 0 Å². The summed E-state index contributed by atoms with van der Waals surface area (Å²) in [6.45, 7) is 0. The SMILES string of the molecule is C1=Cc2ccccc2C(=C2C=Cc3ccccc32)C1. The molecule has 0 heteroatoms. The van der Waals surface area contributed by atoms with Crippen molar-refractivity contribution in [2.45, 2.75) is 6.42 Å². The second kappa shape index (κ2) is 4.10. The van der Waals surface area contributed by atoms with Crippen LogP contribution in [0.15, 0.2) is 60.7 Å². The second-order valence-electron chi connectivity index (χ2n) is 5.01. The molecule has 0 unspecified atom stereocenters. The molecular weight excluding hydrogens is 228 g/mol. The quantitative estimate of drug-likeness (QED) is 0.607. The summed E-state index contributed by atoms with van der Waals surface area (Å²) in [5, 5.41) is 0. The number of fused-ring (bicyclic) bond motifs is 2. The van der Waals surface area contributed by atoms with Crippen molar-refractivity contribution in [3.05, 3.63) is 82.9 Å². The lowest BCUT2D eigenvalue weighted by atomic mass is 9.87. The molecule has 0 saturated carbocycles. The number of benzene rings is 2. The van der Waals surface area contributed by atoms with Crippen molar-refractivity contribution in [3.8, 4) is 0 Å². The average molecular weight is 242 g/mol. The van der Waals surface area contributed by atoms with E-state index in [1.54, 1.807) is 0 Å². The van der Waals surface area contributed by atoms with Crippen molar-refractivity contribution < 1.29 is 0 Å². The van der Waals surface area contributed by atoms with Gasteiger partial charge in [0.25, 0.3) is 0 Å². The Kier molecular flexibility index (Phi) is 2.28. The maximum Gasteiger partial charge on any atom is -0.00818 e. The molecule has 0 heterocycles. The van der Waals surface area contributed by atoms with E-state index in [1.807, 2.05) is 0 Å². The molecule has 0 saturated heterocycles. The van der Waals surface area contributed by atoms with Crippen LogP contribution in [0.25, 0.3) is 23.3 Å². The number of hydrogen-bond acceptors (Lipinski definition) is 0. The van der Waals surface area contributed by atoms with Crippen molar-refractivity contribution in [2.24, 2.45) is 0 Å². The van der Waals surface area contributed by atoms with E-state index < -0.39 is 0 Å². The highest BCUT2D eigenvalue weighted by Crippen LogP contribution is 2.39. The summed E-state index contributed by atoms with van der Waals surface area (Å²) < 4.78 is 0. The summed E-state index contributed by atoms with van der Waals surface area (Å²) in [6.07, 6.45) is 9.99. The average Bonchev–Trinajstić information content (AvgIpc) is 2.90. The van der Waals surface area contributed by atoms with Crippen molar-refractivity contribution in [3.63, 3.8) is 0 Å². The van der Waals surface area contributed by atoms with Crippen LogP contribution in [0, 0.1) is 0 Å². The van der Waals surface area contributed by atoms with E-state index in [2.05, 4.69) is 72.8 Å². The number of allylic oxidation sites excluding steroid dienone is 4. The van der Waals surface area contributed by atoms with Crippen LogP contribution in [-0.2, 0) is 0 Å². The molecule has 2 aromatic carbocycles. The molecule has 2 aliphatic rings. The minimum Gasteiger partial charge on any atom is -0.0795 e. The van der Waals surface area contributed by atoms with E-state index in [9.17, 15) is 0 Å². The molecule has 0 spiro atoms. The van der Waals surface area contributed by atoms with Gasteiger partial charge in [0.2, 0.25) is 0 Å². The first-order chi connectivity index (χ1) is 9.43. The Bertz CT molecular complexity index is 742. The van der Waals surface area contributed by atoms with Gasteiger partial charge < -0.3 is 0 Å². The summed E-state index contributed by atoms with van der Waals surface area (Å²) in [6, 6.07) is 17.3. The maximum absolute atomic E-state index is 2.26. The van der Waals surface area contributed by atoms with Crippen LogP contribution in [-0.4, -0.2) is 0 Å². The lowest BCUT2D eigenvalue weighted by Crippen LogP contribution is -1.95. The first kappa shape index (κ1) is 10.6. The smallest absolute Gasteiger partial charge is 0.00818 e. The second-order valence-corrected chi connectivity index (χ2v) is 5.01. The van der Waals surface area contributed by atoms with Gasteiger partial charge >= 0.3 is 0 Å². The largest absolute Gasteiger partial charge is 0.0795 e. The standard InChI is InChI=1S/C19H14/c1-3-9-16-14(6-1)8-5-11-18(16)19-13-12-15-7-2-4-10-17(15)19/h1-10,12-13H,11H2. The molecule has 4 rings (SSSR count). The molecule has 0 nitrogen and oxygen atoms in total. The third-order valence-corrected chi connectivity index (χ3v) is 3.91. The van der Waals surface area contributed by atoms with Gasteiger partial charge in [-0.15, -0.1) is 0 Å². The summed E-state index contributed by atoms with van der Waals surface area (Å²) in [5.74, 6) is 0. The summed E-state index contributed by atoms with van der Waals surface area (Å²) in [7, 11) is 0. The molecule has 2 aromatic rings. The molecule has 90 valence electrons. The molecule has 0 atom stereocenters. The molecular formula is C19H14. The molecule has 19 heavy (non-hydrogen) atoms. The van der Waals surface area contributed by atoms with Crippen LogP contribution in [0.5, 0.6) is 0 Å². The molecule has 2 aliphatic carbocycles. The normalized spacial score (nSPS) is 19.4. The van der Waals surface area contributed by atoms with Gasteiger partial charge in [-0.3, -0.25) is 0 Å². The van der Waals surface area contributed by atoms with Crippen molar-refractivity contribution in [2.75, 3.05) is 0 Å². The van der Waals surface area contributed by atoms with Crippen LogP contribution in [0.2, 0.25) is 0 Å². The Morgan fingerprint density at radius 1 is 0.632 bits per heavy atom. The van der Waals surface area contributed by atoms with Crippen molar-refractivity contribution in [1.82, 2.24) is 0 Å². The highest BCUT2D eigenvalue weighted by molar-refractivity contribution is 6.05. The molecule has 0 N–H and O–H groups in total. The third kappa shape index (κ3) is 1.61. The minimum atomic E-state index is 1.02. The zero-order valence-corrected chi connectivity index (χ0v) is 10.6. The van der Waals surface area contributed by atoms with Gasteiger partial charge in [0.1, 0.15) is 0 Å². The van der Waals surface area contributed by atoms with Gasteiger partial charge in [-0.1, -0.05) is 72.8 Å². The van der Waals surface area contributed by atoms with Crippen LogP contribution in [0.1, 0.15) is 28.7 Å². The summed E-state index contributed by atoms with van der Waals surface area (Å²) >= 11 is 0. The van der Waals surface area contributed by atoms with E-state index >= 15 is 0 Å². The highest BCUT2D eigenvalue weighted by atomic mass is 14.2. The van der Waals surface area contributed by atoms with Crippen molar-refractivity contribution >= 4 is 23.3 Å². The molecule has 0 radical (unpaired) electrons. The van der Waals surface area contributed by atoms with Crippen LogP contribution >= 0.6 is 0 Å². The van der Waals surface area contributed by atoms with Gasteiger partial charge in [-0.25, -0.2) is 0 Å². The van der Waals surface area contributed by atoms with Gasteiger partial charge in [0.15, 0.2) is 0 Å². The third-order valence-electron chi connectivity index (χ3n) is 3.91. The number of rotatable bonds is 0. The predicted octanol–water partition coefficient (Wildman–Crippen LogP) is 5.04. The molecule has 0 amide bonds. The summed E-state index contributed by atoms with van der Waals surface area (Å²) in [5.41, 5.74) is 8.22. The Labute approximate surface area is 113 Å². The van der Waals surface area contributed by atoms with Gasteiger partial charge in [-0.05, 0) is 39.8 Å². The Morgan fingerprint density at radius 3 is 2.16 bits per heavy atom. The zero-order chi connectivity index (χ0) is 12.7. The maximum atomic E-state index is 2.26. The zero-order valence-electron chi connectivity index (χ0n) is 10.6. The lowest BCUT2D eigenvalue weighted by Gasteiger charge is -2.17. The van der Waals surface area contributed by atoms with Crippen LogP contribution in [0.4, 0.5) is 0 Å². The number of hydrogen-bond donors (Lipinski definition) is 0. The minimum absolute atomic E-state index is 1.02. The Balaban J connectivity index is 1.98. The highest BCUT2D eigenvalue weighted by Gasteiger charge is 2.17. The Morgan fingerprint density at radius 2 is 1.32 bits per heavy atom. The topological polar surface area (TPSA) is 0 Å². The molecule has 0 aromatic heterocycles. The fourth-order valence-corrected chi connectivity index (χ4v) is 3.00. The molecule has 0 fully saturated rings. The monoisotopic (exact) mass is 242 g/mol. The molecule has 0 bridgehead atoms. The van der Waals surface area contributed by atoms with E-state index in [4.69, 9.17) is 0 Å². The fourth-order valence-electron chi connectivity index (χ4n) is 3.00. The van der Waals surface area contributed by atoms with E-state index in [-0.39, 0.29) is 0 Å². The first-order valence-electron chi connectivity index (χ1n) is 6.70. The summed E-state index contributed by atoms with van der Waals surface area (Å²) in [4.78, 5) is 0. The first-order valence-corrected chi connectivity index (χ1v) is 6.70. The van der Waals surface area contributed by atoms with Gasteiger partial charge in [-0.2, -0.15) is 0 Å². The van der Waals surface area contributed by atoms with Gasteiger partial charge in [0.05, 0.1) is 0 Å². The van der Waals surface area contributed by atoms with E-state index in [0.29, 0.717) is 0 Å². The van der Waals surface area contributed by atoms with E-state index in [1.165, 1.54) is 33.4 Å². The molecule has 0 aliphatic heterocycles. The predicted molar refractivity (Wildman–Crippen MR) is 82.4 cm³/mol. The lowest BCUT2D eigenvalue weighted by molar-refractivity contribution is 1.36. The van der Waals surface area contributed by atoms with Crippen molar-refractivity contribution in [1.29, 1.82) is 0 Å². The Hall–Kier alpha value is -2.34. The fraction of sp³-hybridized carbons (Fsp3) is 0.0526. The van der Waals surface area contributed by atoms with Crippen LogP contribution < -0.4 is 0 Å². The van der Waals surface area contributed by atoms with E-state index in [0.717, 1.165) is 6.42 Å². The van der Waals surface area contributed by atoms with Crippen LogP contribution in [0.3, 0.4) is 0 Å².